The summed E-state index contributed by atoms with van der Waals surface area (Å²) in [7, 11) is 0. The second kappa shape index (κ2) is 10.1. The first-order chi connectivity index (χ1) is 6.31. The van der Waals surface area contributed by atoms with Gasteiger partial charge in [0.1, 0.15) is 0 Å². The second-order valence-corrected chi connectivity index (χ2v) is 4.26. The molecule has 78 valence electrons. The highest BCUT2D eigenvalue weighted by Gasteiger charge is 2.00. The SMILES string of the molecule is CCCCNCC(=O)SCCCC. The van der Waals surface area contributed by atoms with Crippen LogP contribution in [0, 0.1) is 0 Å². The Balaban J connectivity index is 3.11. The van der Waals surface area contributed by atoms with E-state index in [0.717, 1.165) is 25.1 Å². The van der Waals surface area contributed by atoms with Crippen molar-refractivity contribution in [3.05, 3.63) is 0 Å². The third kappa shape index (κ3) is 9.90. The van der Waals surface area contributed by atoms with Crippen LogP contribution in [0.3, 0.4) is 0 Å². The molecule has 0 amide bonds. The largest absolute Gasteiger partial charge is 0.309 e. The van der Waals surface area contributed by atoms with Gasteiger partial charge in [-0.25, -0.2) is 0 Å². The van der Waals surface area contributed by atoms with Crippen LogP contribution in [0.4, 0.5) is 0 Å². The van der Waals surface area contributed by atoms with Gasteiger partial charge in [0.05, 0.1) is 6.54 Å². The maximum absolute atomic E-state index is 11.2. The monoisotopic (exact) mass is 203 g/mol. The lowest BCUT2D eigenvalue weighted by atomic mass is 10.3. The lowest BCUT2D eigenvalue weighted by Crippen LogP contribution is -2.22. The summed E-state index contributed by atoms with van der Waals surface area (Å²) in [6.07, 6.45) is 4.66. The smallest absolute Gasteiger partial charge is 0.202 e. The predicted molar refractivity (Wildman–Crippen MR) is 60.2 cm³/mol. The fourth-order valence-corrected chi connectivity index (χ4v) is 1.74. The Morgan fingerprint density at radius 1 is 1.23 bits per heavy atom. The number of carbonyl (C=O) groups excluding carboxylic acids is 1. The first-order valence-electron chi connectivity index (χ1n) is 5.17. The molecule has 0 unspecified atom stereocenters. The van der Waals surface area contributed by atoms with Crippen molar-refractivity contribution >= 4 is 16.9 Å². The molecule has 13 heavy (non-hydrogen) atoms. The fourth-order valence-electron chi connectivity index (χ4n) is 0.874. The Hall–Kier alpha value is -0.0200. The van der Waals surface area contributed by atoms with E-state index in [1.807, 2.05) is 0 Å². The molecule has 0 atom stereocenters. The van der Waals surface area contributed by atoms with Crippen LogP contribution in [0.1, 0.15) is 39.5 Å². The Kier molecular flexibility index (Phi) is 10.0. The first kappa shape index (κ1) is 13.0. The molecule has 0 saturated carbocycles. The van der Waals surface area contributed by atoms with Crippen LogP contribution in [-0.4, -0.2) is 24.0 Å². The van der Waals surface area contributed by atoms with Gasteiger partial charge in [-0.3, -0.25) is 4.79 Å². The second-order valence-electron chi connectivity index (χ2n) is 3.10. The molecule has 2 nitrogen and oxygen atoms in total. The zero-order chi connectivity index (χ0) is 9.94. The highest BCUT2D eigenvalue weighted by atomic mass is 32.2. The molecule has 0 spiro atoms. The maximum atomic E-state index is 11.2. The summed E-state index contributed by atoms with van der Waals surface area (Å²) < 4.78 is 0. The minimum atomic E-state index is 0.282. The summed E-state index contributed by atoms with van der Waals surface area (Å²) in [5.41, 5.74) is 0. The van der Waals surface area contributed by atoms with Crippen molar-refractivity contribution in [2.75, 3.05) is 18.8 Å². The number of nitrogens with one attached hydrogen (secondary N) is 1. The molecular formula is C10H21NOS. The van der Waals surface area contributed by atoms with Crippen molar-refractivity contribution in [2.45, 2.75) is 39.5 Å². The zero-order valence-corrected chi connectivity index (χ0v) is 9.58. The van der Waals surface area contributed by atoms with E-state index in [1.54, 1.807) is 0 Å². The summed E-state index contributed by atoms with van der Waals surface area (Å²) in [6, 6.07) is 0. The van der Waals surface area contributed by atoms with Crippen LogP contribution in [-0.2, 0) is 4.79 Å². The van der Waals surface area contributed by atoms with E-state index in [-0.39, 0.29) is 5.12 Å². The molecule has 0 aliphatic carbocycles. The Bertz CT molecular complexity index is 128. The van der Waals surface area contributed by atoms with Gasteiger partial charge < -0.3 is 5.32 Å². The summed E-state index contributed by atoms with van der Waals surface area (Å²) in [6.45, 7) is 5.80. The maximum Gasteiger partial charge on any atom is 0.202 e. The number of hydrogen-bond donors (Lipinski definition) is 1. The summed E-state index contributed by atoms with van der Waals surface area (Å²) in [5.74, 6) is 0.977. The normalized spacial score (nSPS) is 10.3. The minimum absolute atomic E-state index is 0.282. The first-order valence-corrected chi connectivity index (χ1v) is 6.16. The van der Waals surface area contributed by atoms with Crippen LogP contribution in [0.5, 0.6) is 0 Å². The molecule has 0 heterocycles. The lowest BCUT2D eigenvalue weighted by molar-refractivity contribution is -0.110. The number of unbranched alkanes of at least 4 members (excludes halogenated alkanes) is 2. The number of rotatable bonds is 8. The van der Waals surface area contributed by atoms with Gasteiger partial charge in [-0.05, 0) is 19.4 Å². The highest BCUT2D eigenvalue weighted by Crippen LogP contribution is 2.04. The molecule has 0 rings (SSSR count). The van der Waals surface area contributed by atoms with Crippen LogP contribution in [0.25, 0.3) is 0 Å². The number of carbonyl (C=O) groups is 1. The van der Waals surface area contributed by atoms with E-state index < -0.39 is 0 Å². The van der Waals surface area contributed by atoms with Crippen molar-refractivity contribution in [1.29, 1.82) is 0 Å². The van der Waals surface area contributed by atoms with E-state index in [2.05, 4.69) is 19.2 Å². The quantitative estimate of drug-likeness (QED) is 0.614. The molecule has 0 aromatic carbocycles. The molecule has 0 fully saturated rings. The van der Waals surface area contributed by atoms with Crippen molar-refractivity contribution in [1.82, 2.24) is 5.32 Å². The third-order valence-electron chi connectivity index (χ3n) is 1.74. The molecule has 0 bridgehead atoms. The third-order valence-corrected chi connectivity index (χ3v) is 2.70. The number of thioether (sulfide) groups is 1. The fraction of sp³-hybridized carbons (Fsp3) is 0.900. The average molecular weight is 203 g/mol. The minimum Gasteiger partial charge on any atom is -0.309 e. The van der Waals surface area contributed by atoms with Crippen LogP contribution in [0.2, 0.25) is 0 Å². The van der Waals surface area contributed by atoms with Gasteiger partial charge in [0.2, 0.25) is 5.12 Å². The zero-order valence-electron chi connectivity index (χ0n) is 8.77. The van der Waals surface area contributed by atoms with E-state index in [9.17, 15) is 4.79 Å². The molecule has 1 N–H and O–H groups in total. The molecule has 0 radical (unpaired) electrons. The van der Waals surface area contributed by atoms with Gasteiger partial charge in [0.25, 0.3) is 0 Å². The van der Waals surface area contributed by atoms with Gasteiger partial charge in [-0.15, -0.1) is 0 Å². The standard InChI is InChI=1S/C10H21NOS/c1-3-5-7-11-9-10(12)13-8-6-4-2/h11H,3-9H2,1-2H3. The Labute approximate surface area is 85.9 Å². The van der Waals surface area contributed by atoms with E-state index >= 15 is 0 Å². The molecule has 0 aliphatic heterocycles. The van der Waals surface area contributed by atoms with Crippen molar-refractivity contribution < 1.29 is 4.79 Å². The molecule has 3 heteroatoms. The molecule has 0 saturated heterocycles. The average Bonchev–Trinajstić information content (AvgIpc) is 2.13. The highest BCUT2D eigenvalue weighted by molar-refractivity contribution is 8.13. The van der Waals surface area contributed by atoms with Gasteiger partial charge in [-0.2, -0.15) is 0 Å². The van der Waals surface area contributed by atoms with Gasteiger partial charge in [0, 0.05) is 5.75 Å². The van der Waals surface area contributed by atoms with E-state index in [4.69, 9.17) is 0 Å². The Morgan fingerprint density at radius 2 is 1.92 bits per heavy atom. The van der Waals surface area contributed by atoms with Gasteiger partial charge >= 0.3 is 0 Å². The molecule has 0 aromatic heterocycles. The molecule has 0 aliphatic rings. The summed E-state index contributed by atoms with van der Waals surface area (Å²) >= 11 is 1.46. The predicted octanol–water partition coefficient (Wildman–Crippen LogP) is 2.44. The van der Waals surface area contributed by atoms with Crippen LogP contribution >= 0.6 is 11.8 Å². The van der Waals surface area contributed by atoms with E-state index in [1.165, 1.54) is 24.6 Å². The number of hydrogen-bond acceptors (Lipinski definition) is 3. The molecular weight excluding hydrogens is 182 g/mol. The van der Waals surface area contributed by atoms with Crippen molar-refractivity contribution in [2.24, 2.45) is 0 Å². The van der Waals surface area contributed by atoms with E-state index in [0.29, 0.717) is 6.54 Å². The Morgan fingerprint density at radius 3 is 2.54 bits per heavy atom. The van der Waals surface area contributed by atoms with Gasteiger partial charge in [-0.1, -0.05) is 38.5 Å². The topological polar surface area (TPSA) is 29.1 Å². The lowest BCUT2D eigenvalue weighted by Gasteiger charge is -2.01. The van der Waals surface area contributed by atoms with Crippen molar-refractivity contribution in [3.63, 3.8) is 0 Å². The van der Waals surface area contributed by atoms with Crippen LogP contribution in [0.15, 0.2) is 0 Å². The van der Waals surface area contributed by atoms with Crippen LogP contribution < -0.4 is 5.32 Å². The molecule has 0 aromatic rings. The van der Waals surface area contributed by atoms with Crippen molar-refractivity contribution in [3.8, 4) is 0 Å². The summed E-state index contributed by atoms with van der Waals surface area (Å²) in [5, 5.41) is 3.42. The summed E-state index contributed by atoms with van der Waals surface area (Å²) in [4.78, 5) is 11.2. The van der Waals surface area contributed by atoms with Gasteiger partial charge in [0.15, 0.2) is 0 Å².